The SMILES string of the molecule is CCCc1nnc(NC(=O)c2ccccc2NC(=O)c2ccsc2)s1. The first-order chi connectivity index (χ1) is 12.2. The van der Waals surface area contributed by atoms with Crippen molar-refractivity contribution in [1.82, 2.24) is 10.2 Å². The van der Waals surface area contributed by atoms with Gasteiger partial charge in [0.15, 0.2) is 0 Å². The highest BCUT2D eigenvalue weighted by Gasteiger charge is 2.16. The Morgan fingerprint density at radius 2 is 1.92 bits per heavy atom. The molecule has 2 aromatic heterocycles. The minimum atomic E-state index is -0.333. The summed E-state index contributed by atoms with van der Waals surface area (Å²) < 4.78 is 0. The average Bonchev–Trinajstić information content (AvgIpc) is 3.28. The van der Waals surface area contributed by atoms with E-state index in [9.17, 15) is 9.59 Å². The van der Waals surface area contributed by atoms with E-state index in [0.717, 1.165) is 17.8 Å². The number of carbonyl (C=O) groups excluding carboxylic acids is 2. The second kappa shape index (κ2) is 8.00. The number of hydrogen-bond acceptors (Lipinski definition) is 6. The summed E-state index contributed by atoms with van der Waals surface area (Å²) in [4.78, 5) is 24.8. The number of nitrogens with zero attached hydrogens (tertiary/aromatic N) is 2. The Hall–Kier alpha value is -2.58. The minimum absolute atomic E-state index is 0.248. The van der Waals surface area contributed by atoms with Crippen molar-refractivity contribution in [2.24, 2.45) is 0 Å². The van der Waals surface area contributed by atoms with Gasteiger partial charge in [-0.25, -0.2) is 0 Å². The van der Waals surface area contributed by atoms with Gasteiger partial charge in [-0.3, -0.25) is 14.9 Å². The fourth-order valence-electron chi connectivity index (χ4n) is 2.16. The lowest BCUT2D eigenvalue weighted by atomic mass is 10.1. The largest absolute Gasteiger partial charge is 0.321 e. The molecule has 0 aliphatic rings. The average molecular weight is 372 g/mol. The van der Waals surface area contributed by atoms with Gasteiger partial charge in [-0.1, -0.05) is 30.4 Å². The number of nitrogens with one attached hydrogen (secondary N) is 2. The summed E-state index contributed by atoms with van der Waals surface area (Å²) in [5.41, 5.74) is 1.39. The number of benzene rings is 1. The van der Waals surface area contributed by atoms with Crippen LogP contribution in [0.25, 0.3) is 0 Å². The molecule has 2 heterocycles. The molecule has 128 valence electrons. The van der Waals surface area contributed by atoms with Gasteiger partial charge < -0.3 is 5.32 Å². The van der Waals surface area contributed by atoms with Crippen molar-refractivity contribution in [1.29, 1.82) is 0 Å². The molecule has 1 aromatic carbocycles. The third-order valence-corrected chi connectivity index (χ3v) is 4.94. The highest BCUT2D eigenvalue weighted by atomic mass is 32.1. The molecule has 6 nitrogen and oxygen atoms in total. The maximum Gasteiger partial charge on any atom is 0.259 e. The number of hydrogen-bond donors (Lipinski definition) is 2. The van der Waals surface area contributed by atoms with Crippen molar-refractivity contribution in [2.75, 3.05) is 10.6 Å². The normalized spacial score (nSPS) is 10.4. The van der Waals surface area contributed by atoms with Gasteiger partial charge in [-0.2, -0.15) is 11.3 Å². The van der Waals surface area contributed by atoms with Crippen LogP contribution in [-0.2, 0) is 6.42 Å². The van der Waals surface area contributed by atoms with E-state index in [-0.39, 0.29) is 11.8 Å². The number of amides is 2. The minimum Gasteiger partial charge on any atom is -0.321 e. The Kier molecular flexibility index (Phi) is 5.52. The Morgan fingerprint density at radius 3 is 2.68 bits per heavy atom. The number of carbonyl (C=O) groups is 2. The zero-order valence-electron chi connectivity index (χ0n) is 13.5. The van der Waals surface area contributed by atoms with Crippen LogP contribution in [0.5, 0.6) is 0 Å². The second-order valence-electron chi connectivity index (χ2n) is 5.22. The summed E-state index contributed by atoms with van der Waals surface area (Å²) in [6, 6.07) is 8.61. The molecular weight excluding hydrogens is 356 g/mol. The topological polar surface area (TPSA) is 84.0 Å². The summed E-state index contributed by atoms with van der Waals surface area (Å²) in [7, 11) is 0. The van der Waals surface area contributed by atoms with E-state index < -0.39 is 0 Å². The van der Waals surface area contributed by atoms with Crippen molar-refractivity contribution in [3.8, 4) is 0 Å². The van der Waals surface area contributed by atoms with Crippen molar-refractivity contribution < 1.29 is 9.59 Å². The second-order valence-corrected chi connectivity index (χ2v) is 7.06. The van der Waals surface area contributed by atoms with Crippen LogP contribution in [0.3, 0.4) is 0 Å². The van der Waals surface area contributed by atoms with Gasteiger partial charge in [0.2, 0.25) is 5.13 Å². The van der Waals surface area contributed by atoms with Crippen LogP contribution in [0.2, 0.25) is 0 Å². The maximum absolute atomic E-state index is 12.5. The van der Waals surface area contributed by atoms with E-state index in [1.54, 1.807) is 35.7 Å². The number of rotatable bonds is 6. The van der Waals surface area contributed by atoms with Crippen LogP contribution in [0.4, 0.5) is 10.8 Å². The number of aromatic nitrogens is 2. The summed E-state index contributed by atoms with van der Waals surface area (Å²) in [5.74, 6) is -0.580. The van der Waals surface area contributed by atoms with Crippen molar-refractivity contribution in [3.63, 3.8) is 0 Å². The monoisotopic (exact) mass is 372 g/mol. The predicted octanol–water partition coefficient (Wildman–Crippen LogP) is 4.06. The molecule has 3 aromatic rings. The first kappa shape index (κ1) is 17.2. The molecule has 0 spiro atoms. The van der Waals surface area contributed by atoms with Crippen LogP contribution in [0.1, 0.15) is 39.1 Å². The van der Waals surface area contributed by atoms with Crippen molar-refractivity contribution >= 4 is 45.3 Å². The lowest BCUT2D eigenvalue weighted by molar-refractivity contribution is 0.102. The standard InChI is InChI=1S/C17H16N4O2S2/c1-2-5-14-20-21-17(25-14)19-16(23)12-6-3-4-7-13(12)18-15(22)11-8-9-24-10-11/h3-4,6-10H,2,5H2,1H3,(H,18,22)(H,19,21,23). The Labute approximate surface area is 152 Å². The van der Waals surface area contributed by atoms with Crippen molar-refractivity contribution in [3.05, 3.63) is 57.2 Å². The smallest absolute Gasteiger partial charge is 0.259 e. The molecule has 0 aliphatic carbocycles. The highest BCUT2D eigenvalue weighted by Crippen LogP contribution is 2.21. The molecule has 0 aliphatic heterocycles. The van der Waals surface area contributed by atoms with Gasteiger partial charge >= 0.3 is 0 Å². The van der Waals surface area contributed by atoms with Gasteiger partial charge in [-0.15, -0.1) is 10.2 Å². The van der Waals surface area contributed by atoms with Crippen LogP contribution in [0.15, 0.2) is 41.1 Å². The summed E-state index contributed by atoms with van der Waals surface area (Å²) in [6.45, 7) is 2.06. The lowest BCUT2D eigenvalue weighted by Gasteiger charge is -2.09. The summed E-state index contributed by atoms with van der Waals surface area (Å²) in [5, 5.41) is 18.5. The van der Waals surface area contributed by atoms with Crippen LogP contribution in [0, 0.1) is 0 Å². The fourth-order valence-corrected chi connectivity index (χ4v) is 3.63. The van der Waals surface area contributed by atoms with Crippen LogP contribution < -0.4 is 10.6 Å². The first-order valence-corrected chi connectivity index (χ1v) is 9.49. The van der Waals surface area contributed by atoms with E-state index in [4.69, 9.17) is 0 Å². The lowest BCUT2D eigenvalue weighted by Crippen LogP contribution is -2.17. The van der Waals surface area contributed by atoms with Gasteiger partial charge in [0, 0.05) is 11.8 Å². The maximum atomic E-state index is 12.5. The number of aryl methyl sites for hydroxylation is 1. The molecule has 25 heavy (non-hydrogen) atoms. The quantitative estimate of drug-likeness (QED) is 0.683. The first-order valence-electron chi connectivity index (χ1n) is 7.73. The predicted molar refractivity (Wildman–Crippen MR) is 101 cm³/mol. The fraction of sp³-hybridized carbons (Fsp3) is 0.176. The van der Waals surface area contributed by atoms with E-state index in [0.29, 0.717) is 21.9 Å². The summed E-state index contributed by atoms with van der Waals surface area (Å²) >= 11 is 2.80. The third-order valence-electron chi connectivity index (χ3n) is 3.35. The number of thiophene rings is 1. The Balaban J connectivity index is 1.75. The zero-order valence-corrected chi connectivity index (χ0v) is 15.1. The van der Waals surface area contributed by atoms with Crippen molar-refractivity contribution in [2.45, 2.75) is 19.8 Å². The molecule has 2 N–H and O–H groups in total. The molecule has 0 fully saturated rings. The molecule has 2 amide bonds. The van der Waals surface area contributed by atoms with E-state index in [1.165, 1.54) is 22.7 Å². The van der Waals surface area contributed by atoms with Gasteiger partial charge in [0.05, 0.1) is 16.8 Å². The molecule has 0 radical (unpaired) electrons. The van der Waals surface area contributed by atoms with Gasteiger partial charge in [0.25, 0.3) is 11.8 Å². The molecular formula is C17H16N4O2S2. The molecule has 0 unspecified atom stereocenters. The summed E-state index contributed by atoms with van der Waals surface area (Å²) in [6.07, 6.45) is 1.81. The molecule has 0 saturated heterocycles. The highest BCUT2D eigenvalue weighted by molar-refractivity contribution is 7.15. The number of anilines is 2. The molecule has 8 heteroatoms. The molecule has 0 atom stereocenters. The molecule has 0 bridgehead atoms. The number of para-hydroxylation sites is 1. The molecule has 3 rings (SSSR count). The van der Waals surface area contributed by atoms with E-state index >= 15 is 0 Å². The van der Waals surface area contributed by atoms with Gasteiger partial charge in [0.1, 0.15) is 5.01 Å². The third kappa shape index (κ3) is 4.28. The van der Waals surface area contributed by atoms with Crippen LogP contribution >= 0.6 is 22.7 Å². The zero-order chi connectivity index (χ0) is 17.6. The van der Waals surface area contributed by atoms with E-state index in [1.807, 2.05) is 5.38 Å². The van der Waals surface area contributed by atoms with Gasteiger partial charge in [-0.05, 0) is 30.0 Å². The van der Waals surface area contributed by atoms with Crippen LogP contribution in [-0.4, -0.2) is 22.0 Å². The molecule has 0 saturated carbocycles. The van der Waals surface area contributed by atoms with E-state index in [2.05, 4.69) is 27.8 Å². The Bertz CT molecular complexity index is 874. The Morgan fingerprint density at radius 1 is 1.08 bits per heavy atom.